The van der Waals surface area contributed by atoms with E-state index in [1.807, 2.05) is 22.6 Å². The van der Waals surface area contributed by atoms with E-state index in [9.17, 15) is 15.0 Å². The van der Waals surface area contributed by atoms with E-state index in [1.54, 1.807) is 6.07 Å². The van der Waals surface area contributed by atoms with Crippen molar-refractivity contribution in [1.82, 2.24) is 0 Å². The van der Waals surface area contributed by atoms with Gasteiger partial charge in [-0.15, -0.1) is 0 Å². The van der Waals surface area contributed by atoms with Crippen LogP contribution in [0.1, 0.15) is 38.7 Å². The second kappa shape index (κ2) is 6.82. The van der Waals surface area contributed by atoms with E-state index in [2.05, 4.69) is 6.92 Å². The largest absolute Gasteiger partial charge is 0.507 e. The van der Waals surface area contributed by atoms with Crippen molar-refractivity contribution < 1.29 is 19.7 Å². The van der Waals surface area contributed by atoms with Crippen LogP contribution in [0.5, 0.6) is 17.2 Å². The van der Waals surface area contributed by atoms with Gasteiger partial charge in [0.1, 0.15) is 9.32 Å². The van der Waals surface area contributed by atoms with Gasteiger partial charge in [0, 0.05) is 12.5 Å². The Balaban J connectivity index is 3.08. The summed E-state index contributed by atoms with van der Waals surface area (Å²) in [5.74, 6) is -0.475. The maximum absolute atomic E-state index is 11.0. The molecule has 0 aliphatic rings. The van der Waals surface area contributed by atoms with Gasteiger partial charge in [0.2, 0.25) is 0 Å². The highest BCUT2D eigenvalue weighted by molar-refractivity contribution is 14.1. The van der Waals surface area contributed by atoms with Gasteiger partial charge in [-0.25, -0.2) is 0 Å². The summed E-state index contributed by atoms with van der Waals surface area (Å²) in [6.07, 6.45) is 3.71. The SMILES string of the molecule is CCCCCc1cc(O)c(I)c(O)c1OC(C)=O. The van der Waals surface area contributed by atoms with Gasteiger partial charge in [0.15, 0.2) is 11.5 Å². The van der Waals surface area contributed by atoms with Crippen molar-refractivity contribution in [2.75, 3.05) is 0 Å². The van der Waals surface area contributed by atoms with Gasteiger partial charge in [-0.2, -0.15) is 0 Å². The number of aromatic hydroxyl groups is 2. The zero-order valence-corrected chi connectivity index (χ0v) is 12.7. The second-order valence-corrected chi connectivity index (χ2v) is 5.18. The summed E-state index contributed by atoms with van der Waals surface area (Å²) in [5, 5.41) is 19.6. The molecule has 5 heteroatoms. The number of halogens is 1. The number of unbranched alkanes of at least 4 members (excludes halogenated alkanes) is 2. The highest BCUT2D eigenvalue weighted by Crippen LogP contribution is 2.41. The molecular formula is C13H17IO4. The molecule has 0 atom stereocenters. The van der Waals surface area contributed by atoms with Gasteiger partial charge >= 0.3 is 5.97 Å². The summed E-state index contributed by atoms with van der Waals surface area (Å²) in [5.41, 5.74) is 0.661. The summed E-state index contributed by atoms with van der Waals surface area (Å²) in [4.78, 5) is 11.0. The number of phenols is 2. The second-order valence-electron chi connectivity index (χ2n) is 4.10. The molecule has 1 aromatic carbocycles. The first-order valence-electron chi connectivity index (χ1n) is 5.89. The highest BCUT2D eigenvalue weighted by Gasteiger charge is 2.18. The van der Waals surface area contributed by atoms with E-state index < -0.39 is 5.97 Å². The first kappa shape index (κ1) is 15.1. The van der Waals surface area contributed by atoms with Gasteiger partial charge < -0.3 is 14.9 Å². The standard InChI is InChI=1S/C13H17IO4/c1-3-4-5-6-9-7-10(16)11(14)12(17)13(9)18-8(2)15/h7,16-17H,3-6H2,1-2H3. The van der Waals surface area contributed by atoms with E-state index >= 15 is 0 Å². The molecule has 18 heavy (non-hydrogen) atoms. The molecule has 0 aliphatic heterocycles. The van der Waals surface area contributed by atoms with Gasteiger partial charge in [-0.3, -0.25) is 4.79 Å². The number of benzene rings is 1. The molecule has 100 valence electrons. The quantitative estimate of drug-likeness (QED) is 0.364. The third-order valence-electron chi connectivity index (χ3n) is 2.55. The Morgan fingerprint density at radius 1 is 1.39 bits per heavy atom. The maximum atomic E-state index is 11.0. The summed E-state index contributed by atoms with van der Waals surface area (Å²) >= 11 is 1.81. The van der Waals surface area contributed by atoms with Crippen molar-refractivity contribution in [1.29, 1.82) is 0 Å². The van der Waals surface area contributed by atoms with Crippen LogP contribution in [-0.2, 0) is 11.2 Å². The molecule has 1 rings (SSSR count). The third kappa shape index (κ3) is 3.76. The Hall–Kier alpha value is -0.980. The van der Waals surface area contributed by atoms with Crippen LogP contribution in [0.2, 0.25) is 0 Å². The predicted molar refractivity (Wildman–Crippen MR) is 77.0 cm³/mol. The molecular weight excluding hydrogens is 347 g/mol. The first-order valence-corrected chi connectivity index (χ1v) is 6.97. The van der Waals surface area contributed by atoms with Crippen molar-refractivity contribution in [3.05, 3.63) is 15.2 Å². The molecule has 0 aromatic heterocycles. The Morgan fingerprint density at radius 2 is 2.06 bits per heavy atom. The minimum Gasteiger partial charge on any atom is -0.507 e. The maximum Gasteiger partial charge on any atom is 0.308 e. The minimum absolute atomic E-state index is 0.00972. The molecule has 0 radical (unpaired) electrons. The average Bonchev–Trinajstić information content (AvgIpc) is 2.31. The molecule has 0 amide bonds. The third-order valence-corrected chi connectivity index (χ3v) is 3.61. The molecule has 0 fully saturated rings. The monoisotopic (exact) mass is 364 g/mol. The van der Waals surface area contributed by atoms with Crippen LogP contribution in [0.25, 0.3) is 0 Å². The van der Waals surface area contributed by atoms with Crippen molar-refractivity contribution >= 4 is 28.6 Å². The first-order chi connectivity index (χ1) is 8.47. The summed E-state index contributed by atoms with van der Waals surface area (Å²) < 4.78 is 5.33. The van der Waals surface area contributed by atoms with Crippen LogP contribution < -0.4 is 4.74 Å². The number of aryl methyl sites for hydroxylation is 1. The number of phenolic OH excluding ortho intramolecular Hbond substituents is 2. The topological polar surface area (TPSA) is 66.8 Å². The van der Waals surface area contributed by atoms with Crippen LogP contribution >= 0.6 is 22.6 Å². The Kier molecular flexibility index (Phi) is 5.71. The Morgan fingerprint density at radius 3 is 2.61 bits per heavy atom. The fraction of sp³-hybridized carbons (Fsp3) is 0.462. The molecule has 0 aliphatic carbocycles. The molecule has 0 heterocycles. The Bertz CT molecular complexity index is 443. The number of ether oxygens (including phenoxy) is 1. The van der Waals surface area contributed by atoms with E-state index in [0.29, 0.717) is 15.6 Å². The fourth-order valence-electron chi connectivity index (χ4n) is 1.68. The summed E-state index contributed by atoms with van der Waals surface area (Å²) in [7, 11) is 0. The number of esters is 1. The van der Waals surface area contributed by atoms with Crippen LogP contribution in [0.4, 0.5) is 0 Å². The molecule has 4 nitrogen and oxygen atoms in total. The lowest BCUT2D eigenvalue weighted by atomic mass is 10.1. The molecule has 0 saturated carbocycles. The van der Waals surface area contributed by atoms with Gasteiger partial charge in [-0.05, 0) is 41.5 Å². The van der Waals surface area contributed by atoms with E-state index in [-0.39, 0.29) is 17.2 Å². The van der Waals surface area contributed by atoms with Crippen molar-refractivity contribution in [3.8, 4) is 17.2 Å². The minimum atomic E-state index is -0.483. The van der Waals surface area contributed by atoms with Gasteiger partial charge in [0.05, 0.1) is 0 Å². The normalized spacial score (nSPS) is 10.4. The number of rotatable bonds is 5. The van der Waals surface area contributed by atoms with Crippen LogP contribution in [-0.4, -0.2) is 16.2 Å². The van der Waals surface area contributed by atoms with E-state index in [4.69, 9.17) is 4.74 Å². The van der Waals surface area contributed by atoms with Crippen LogP contribution in [0, 0.1) is 3.57 Å². The number of hydrogen-bond donors (Lipinski definition) is 2. The predicted octanol–water partition coefficient (Wildman–Crippen LogP) is 3.36. The molecule has 0 saturated heterocycles. The fourth-order valence-corrected chi connectivity index (χ4v) is 2.08. The highest BCUT2D eigenvalue weighted by atomic mass is 127. The van der Waals surface area contributed by atoms with E-state index in [1.165, 1.54) is 6.92 Å². The number of carbonyl (C=O) groups is 1. The summed E-state index contributed by atoms with van der Waals surface area (Å²) in [6.45, 7) is 3.38. The molecule has 2 N–H and O–H groups in total. The van der Waals surface area contributed by atoms with Crippen LogP contribution in [0.15, 0.2) is 6.07 Å². The Labute approximate surface area is 120 Å². The van der Waals surface area contributed by atoms with Crippen molar-refractivity contribution in [3.63, 3.8) is 0 Å². The lowest BCUT2D eigenvalue weighted by Crippen LogP contribution is -2.05. The van der Waals surface area contributed by atoms with Gasteiger partial charge in [0.25, 0.3) is 0 Å². The van der Waals surface area contributed by atoms with Crippen molar-refractivity contribution in [2.45, 2.75) is 39.5 Å². The molecule has 0 unspecified atom stereocenters. The zero-order chi connectivity index (χ0) is 13.7. The van der Waals surface area contributed by atoms with Gasteiger partial charge in [-0.1, -0.05) is 19.8 Å². The lowest BCUT2D eigenvalue weighted by molar-refractivity contribution is -0.132. The van der Waals surface area contributed by atoms with E-state index in [0.717, 1.165) is 19.3 Å². The molecule has 0 bridgehead atoms. The zero-order valence-electron chi connectivity index (χ0n) is 10.5. The molecule has 0 spiro atoms. The van der Waals surface area contributed by atoms with Crippen molar-refractivity contribution in [2.24, 2.45) is 0 Å². The summed E-state index contributed by atoms with van der Waals surface area (Å²) in [6, 6.07) is 1.55. The molecule has 1 aromatic rings. The number of hydrogen-bond acceptors (Lipinski definition) is 4. The number of carbonyl (C=O) groups excluding carboxylic acids is 1. The lowest BCUT2D eigenvalue weighted by Gasteiger charge is -2.13. The average molecular weight is 364 g/mol. The smallest absolute Gasteiger partial charge is 0.308 e. The van der Waals surface area contributed by atoms with Crippen LogP contribution in [0.3, 0.4) is 0 Å².